The van der Waals surface area contributed by atoms with Crippen LogP contribution < -0.4 is 5.32 Å². The zero-order valence-electron chi connectivity index (χ0n) is 13.1. The molecule has 1 atom stereocenters. The summed E-state index contributed by atoms with van der Waals surface area (Å²) in [6.45, 7) is 0. The second-order valence-corrected chi connectivity index (χ2v) is 5.96. The first kappa shape index (κ1) is 15.4. The maximum Gasteiger partial charge on any atom is 0.268 e. The molecule has 1 aliphatic carbocycles. The Balaban J connectivity index is 1.59. The number of hydrogen-bond donors (Lipinski definition) is 1. The minimum Gasteiger partial charge on any atom is -0.308 e. The number of pyridine rings is 1. The van der Waals surface area contributed by atoms with Crippen LogP contribution >= 0.6 is 0 Å². The number of alkyl halides is 2. The van der Waals surface area contributed by atoms with Crippen molar-refractivity contribution in [3.8, 4) is 5.69 Å². The molecule has 126 valence electrons. The number of benzene rings is 1. The Morgan fingerprint density at radius 1 is 1.08 bits per heavy atom. The average Bonchev–Trinajstić information content (AvgIpc) is 2.98. The summed E-state index contributed by atoms with van der Waals surface area (Å²) in [5, 5.41) is 6.74. The van der Waals surface area contributed by atoms with E-state index in [0.717, 1.165) is 5.69 Å². The minimum absolute atomic E-state index is 0.222. The molecule has 0 bridgehead atoms. The SMILES string of the molecule is O=C(Nc1ccn(-c2ccncc2)n1)[C@]1(c2ccccc2)CC1(F)F. The zero-order chi connectivity index (χ0) is 17.5. The molecule has 0 saturated heterocycles. The van der Waals surface area contributed by atoms with E-state index in [9.17, 15) is 13.6 Å². The maximum absolute atomic E-state index is 14.1. The van der Waals surface area contributed by atoms with Gasteiger partial charge >= 0.3 is 0 Å². The van der Waals surface area contributed by atoms with Gasteiger partial charge in [-0.2, -0.15) is 5.10 Å². The summed E-state index contributed by atoms with van der Waals surface area (Å²) < 4.78 is 29.7. The molecule has 0 unspecified atom stereocenters. The topological polar surface area (TPSA) is 59.8 Å². The van der Waals surface area contributed by atoms with Crippen molar-refractivity contribution in [2.45, 2.75) is 17.8 Å². The van der Waals surface area contributed by atoms with Crippen LogP contribution in [0.5, 0.6) is 0 Å². The molecule has 1 aliphatic rings. The van der Waals surface area contributed by atoms with Gasteiger partial charge < -0.3 is 5.32 Å². The standard InChI is InChI=1S/C18H14F2N4O/c19-18(20)12-17(18,13-4-2-1-3-5-13)16(25)22-15-8-11-24(23-15)14-6-9-21-10-7-14/h1-11H,12H2,(H,22,23,25)/t17-/m1/s1. The molecular weight excluding hydrogens is 326 g/mol. The van der Waals surface area contributed by atoms with Gasteiger partial charge in [-0.25, -0.2) is 13.5 Å². The summed E-state index contributed by atoms with van der Waals surface area (Å²) in [7, 11) is 0. The van der Waals surface area contributed by atoms with Crippen molar-refractivity contribution in [2.24, 2.45) is 0 Å². The highest BCUT2D eigenvalue weighted by molar-refractivity contribution is 6.02. The normalized spacial score (nSPS) is 20.9. The van der Waals surface area contributed by atoms with Gasteiger partial charge in [-0.1, -0.05) is 30.3 Å². The highest BCUT2D eigenvalue weighted by Crippen LogP contribution is 2.62. The van der Waals surface area contributed by atoms with Gasteiger partial charge in [0.25, 0.3) is 5.92 Å². The molecule has 7 heteroatoms. The summed E-state index contributed by atoms with van der Waals surface area (Å²) in [6, 6.07) is 13.2. The molecule has 5 nitrogen and oxygen atoms in total. The third-order valence-corrected chi connectivity index (χ3v) is 4.40. The van der Waals surface area contributed by atoms with Gasteiger partial charge in [0.2, 0.25) is 5.91 Å². The summed E-state index contributed by atoms with van der Waals surface area (Å²) in [6.07, 6.45) is 4.38. The van der Waals surface area contributed by atoms with Crippen LogP contribution in [0.1, 0.15) is 12.0 Å². The van der Waals surface area contributed by atoms with Gasteiger partial charge in [-0.15, -0.1) is 0 Å². The molecule has 3 aromatic rings. The molecule has 1 saturated carbocycles. The lowest BCUT2D eigenvalue weighted by atomic mass is 9.94. The van der Waals surface area contributed by atoms with Gasteiger partial charge in [0.05, 0.1) is 5.69 Å². The van der Waals surface area contributed by atoms with Crippen LogP contribution in [0.25, 0.3) is 5.69 Å². The van der Waals surface area contributed by atoms with Gasteiger partial charge in [-0.3, -0.25) is 9.78 Å². The first-order valence-electron chi connectivity index (χ1n) is 7.74. The van der Waals surface area contributed by atoms with Crippen LogP contribution in [0.2, 0.25) is 0 Å². The van der Waals surface area contributed by atoms with Crippen molar-refractivity contribution in [1.29, 1.82) is 0 Å². The Hall–Kier alpha value is -3.09. The fraction of sp³-hybridized carbons (Fsp3) is 0.167. The molecule has 4 rings (SSSR count). The van der Waals surface area contributed by atoms with Gasteiger partial charge in [0.1, 0.15) is 5.41 Å². The Kier molecular flexibility index (Phi) is 3.38. The molecule has 1 aromatic carbocycles. The molecule has 2 heterocycles. The molecule has 0 radical (unpaired) electrons. The van der Waals surface area contributed by atoms with E-state index in [4.69, 9.17) is 0 Å². The van der Waals surface area contributed by atoms with Crippen molar-refractivity contribution in [1.82, 2.24) is 14.8 Å². The van der Waals surface area contributed by atoms with Crippen LogP contribution in [-0.2, 0) is 10.2 Å². The summed E-state index contributed by atoms with van der Waals surface area (Å²) in [5.74, 6) is -3.59. The van der Waals surface area contributed by atoms with Crippen molar-refractivity contribution in [3.05, 3.63) is 72.7 Å². The van der Waals surface area contributed by atoms with E-state index >= 15 is 0 Å². The van der Waals surface area contributed by atoms with Crippen LogP contribution in [-0.4, -0.2) is 26.6 Å². The monoisotopic (exact) mass is 340 g/mol. The Labute approximate surface area is 142 Å². The smallest absolute Gasteiger partial charge is 0.268 e. The quantitative estimate of drug-likeness (QED) is 0.793. The predicted octanol–water partition coefficient (Wildman–Crippen LogP) is 3.18. The van der Waals surface area contributed by atoms with E-state index in [-0.39, 0.29) is 5.82 Å². The number of nitrogens with zero attached hydrogens (tertiary/aromatic N) is 3. The molecule has 0 aliphatic heterocycles. The minimum atomic E-state index is -3.06. The average molecular weight is 340 g/mol. The number of aromatic nitrogens is 3. The fourth-order valence-electron chi connectivity index (χ4n) is 2.96. The molecular formula is C18H14F2N4O. The summed E-state index contributed by atoms with van der Waals surface area (Å²) in [4.78, 5) is 16.5. The first-order chi connectivity index (χ1) is 12.0. The van der Waals surface area contributed by atoms with E-state index in [0.29, 0.717) is 5.56 Å². The number of rotatable bonds is 4. The molecule has 0 spiro atoms. The van der Waals surface area contributed by atoms with Crippen LogP contribution in [0, 0.1) is 0 Å². The Morgan fingerprint density at radius 3 is 2.40 bits per heavy atom. The van der Waals surface area contributed by atoms with Crippen molar-refractivity contribution in [2.75, 3.05) is 5.32 Å². The summed E-state index contributed by atoms with van der Waals surface area (Å²) >= 11 is 0. The lowest BCUT2D eigenvalue weighted by molar-refractivity contribution is -0.121. The summed E-state index contributed by atoms with van der Waals surface area (Å²) in [5.41, 5.74) is -0.759. The molecule has 25 heavy (non-hydrogen) atoms. The number of anilines is 1. The van der Waals surface area contributed by atoms with E-state index in [1.165, 1.54) is 4.68 Å². The number of amides is 1. The number of carbonyl (C=O) groups excluding carboxylic acids is 1. The zero-order valence-corrected chi connectivity index (χ0v) is 13.1. The molecule has 2 aromatic heterocycles. The molecule has 1 fully saturated rings. The van der Waals surface area contributed by atoms with E-state index in [1.54, 1.807) is 67.1 Å². The predicted molar refractivity (Wildman–Crippen MR) is 87.7 cm³/mol. The number of halogens is 2. The third kappa shape index (κ3) is 2.48. The largest absolute Gasteiger partial charge is 0.308 e. The van der Waals surface area contributed by atoms with Crippen LogP contribution in [0.4, 0.5) is 14.6 Å². The Bertz CT molecular complexity index is 911. The van der Waals surface area contributed by atoms with E-state index < -0.39 is 23.7 Å². The lowest BCUT2D eigenvalue weighted by Gasteiger charge is -2.15. The van der Waals surface area contributed by atoms with Crippen molar-refractivity contribution >= 4 is 11.7 Å². The van der Waals surface area contributed by atoms with Gasteiger partial charge in [0, 0.05) is 31.1 Å². The lowest BCUT2D eigenvalue weighted by Crippen LogP contribution is -2.33. The first-order valence-corrected chi connectivity index (χ1v) is 7.74. The second-order valence-electron chi connectivity index (χ2n) is 5.96. The van der Waals surface area contributed by atoms with Crippen LogP contribution in [0.15, 0.2) is 67.1 Å². The highest BCUT2D eigenvalue weighted by Gasteiger charge is 2.76. The maximum atomic E-state index is 14.1. The Morgan fingerprint density at radius 2 is 1.76 bits per heavy atom. The third-order valence-electron chi connectivity index (χ3n) is 4.40. The van der Waals surface area contributed by atoms with Crippen molar-refractivity contribution in [3.63, 3.8) is 0 Å². The number of hydrogen-bond acceptors (Lipinski definition) is 3. The number of nitrogens with one attached hydrogen (secondary N) is 1. The fourth-order valence-corrected chi connectivity index (χ4v) is 2.96. The van der Waals surface area contributed by atoms with Crippen LogP contribution in [0.3, 0.4) is 0 Å². The second kappa shape index (κ2) is 5.47. The van der Waals surface area contributed by atoms with Gasteiger partial charge in [0.15, 0.2) is 5.82 Å². The number of carbonyl (C=O) groups is 1. The van der Waals surface area contributed by atoms with E-state index in [1.807, 2.05) is 0 Å². The van der Waals surface area contributed by atoms with E-state index in [2.05, 4.69) is 15.4 Å². The van der Waals surface area contributed by atoms with Gasteiger partial charge in [-0.05, 0) is 17.7 Å². The highest BCUT2D eigenvalue weighted by atomic mass is 19.3. The molecule has 1 N–H and O–H groups in total. The van der Waals surface area contributed by atoms with Crippen molar-refractivity contribution < 1.29 is 13.6 Å². The molecule has 1 amide bonds.